The standard InChI is InChI=1S/C46H92N2O4/c1-3-5-7-9-11-13-15-17-19-21-23-25-27-29-31-37-45(51)47(41-35-43-49)39-33-34-40-48(42-36-44-50)46(52)38-32-30-28-26-24-22-20-18-16-14-12-10-8-6-4-2/h49-50H,3-44H2,1-2H3. The molecule has 0 aromatic carbocycles. The molecule has 0 aliphatic heterocycles. The highest BCUT2D eigenvalue weighted by Crippen LogP contribution is 2.16. The Morgan fingerprint density at radius 2 is 0.519 bits per heavy atom. The van der Waals surface area contributed by atoms with Gasteiger partial charge in [-0.25, -0.2) is 0 Å². The largest absolute Gasteiger partial charge is 0.396 e. The normalized spacial score (nSPS) is 11.4. The molecule has 0 fully saturated rings. The van der Waals surface area contributed by atoms with Crippen LogP contribution >= 0.6 is 0 Å². The first-order valence-corrected chi connectivity index (χ1v) is 23.4. The third-order valence-corrected chi connectivity index (χ3v) is 11.0. The second-order valence-corrected chi connectivity index (χ2v) is 16.0. The van der Waals surface area contributed by atoms with Crippen LogP contribution in [-0.4, -0.2) is 71.2 Å². The van der Waals surface area contributed by atoms with Crippen LogP contribution in [0.25, 0.3) is 0 Å². The van der Waals surface area contributed by atoms with E-state index in [9.17, 15) is 19.8 Å². The minimum absolute atomic E-state index is 0.103. The fourth-order valence-corrected chi connectivity index (χ4v) is 7.46. The average Bonchev–Trinajstić information content (AvgIpc) is 3.15. The van der Waals surface area contributed by atoms with Crippen LogP contribution in [0.1, 0.15) is 245 Å². The van der Waals surface area contributed by atoms with Crippen LogP contribution in [0.2, 0.25) is 0 Å². The molecule has 0 radical (unpaired) electrons. The van der Waals surface area contributed by atoms with E-state index in [0.29, 0.717) is 51.9 Å². The smallest absolute Gasteiger partial charge is 0.222 e. The Hall–Kier alpha value is -1.14. The van der Waals surface area contributed by atoms with E-state index in [-0.39, 0.29) is 25.0 Å². The molecule has 0 spiro atoms. The van der Waals surface area contributed by atoms with E-state index in [0.717, 1.165) is 38.5 Å². The van der Waals surface area contributed by atoms with Crippen molar-refractivity contribution in [2.24, 2.45) is 0 Å². The Labute approximate surface area is 325 Å². The molecule has 0 rings (SSSR count). The molecule has 0 saturated carbocycles. The number of unbranched alkanes of at least 4 members (excludes halogenated alkanes) is 29. The Morgan fingerprint density at radius 3 is 0.750 bits per heavy atom. The van der Waals surface area contributed by atoms with E-state index in [4.69, 9.17) is 0 Å². The summed E-state index contributed by atoms with van der Waals surface area (Å²) in [7, 11) is 0. The maximum Gasteiger partial charge on any atom is 0.222 e. The second-order valence-electron chi connectivity index (χ2n) is 16.0. The molecule has 0 aromatic heterocycles. The summed E-state index contributed by atoms with van der Waals surface area (Å²) in [5, 5.41) is 18.8. The molecular weight excluding hydrogens is 645 g/mol. The predicted octanol–water partition coefficient (Wildman–Crippen LogP) is 12.7. The molecule has 0 bridgehead atoms. The van der Waals surface area contributed by atoms with Gasteiger partial charge >= 0.3 is 0 Å². The zero-order chi connectivity index (χ0) is 38.0. The number of hydrogen-bond donors (Lipinski definition) is 2. The molecule has 0 saturated heterocycles. The molecule has 0 aliphatic rings. The van der Waals surface area contributed by atoms with Crippen molar-refractivity contribution in [2.75, 3.05) is 39.4 Å². The van der Waals surface area contributed by atoms with E-state index in [1.165, 1.54) is 167 Å². The van der Waals surface area contributed by atoms with Crippen LogP contribution in [0, 0.1) is 0 Å². The highest BCUT2D eigenvalue weighted by atomic mass is 16.3. The van der Waals surface area contributed by atoms with Gasteiger partial charge in [-0.15, -0.1) is 0 Å². The van der Waals surface area contributed by atoms with Crippen molar-refractivity contribution in [3.05, 3.63) is 0 Å². The molecule has 6 nitrogen and oxygen atoms in total. The number of carbonyl (C=O) groups is 2. The van der Waals surface area contributed by atoms with Crippen LogP contribution < -0.4 is 0 Å². The lowest BCUT2D eigenvalue weighted by atomic mass is 10.0. The number of aliphatic hydroxyl groups excluding tert-OH is 2. The van der Waals surface area contributed by atoms with Gasteiger partial charge in [0.1, 0.15) is 0 Å². The molecule has 0 heterocycles. The van der Waals surface area contributed by atoms with Gasteiger partial charge in [-0.1, -0.05) is 194 Å². The Balaban J connectivity index is 4.05. The number of nitrogens with zero attached hydrogens (tertiary/aromatic N) is 2. The first kappa shape index (κ1) is 50.9. The van der Waals surface area contributed by atoms with Gasteiger partial charge < -0.3 is 20.0 Å². The zero-order valence-corrected chi connectivity index (χ0v) is 35.3. The summed E-state index contributed by atoms with van der Waals surface area (Å²) in [4.78, 5) is 29.9. The summed E-state index contributed by atoms with van der Waals surface area (Å²) < 4.78 is 0. The average molecular weight is 737 g/mol. The van der Waals surface area contributed by atoms with Gasteiger partial charge in [0.05, 0.1) is 0 Å². The van der Waals surface area contributed by atoms with Crippen molar-refractivity contribution in [2.45, 2.75) is 245 Å². The van der Waals surface area contributed by atoms with E-state index >= 15 is 0 Å². The molecule has 0 aliphatic carbocycles. The monoisotopic (exact) mass is 737 g/mol. The lowest BCUT2D eigenvalue weighted by Crippen LogP contribution is -2.35. The van der Waals surface area contributed by atoms with Gasteiger partial charge in [0.15, 0.2) is 0 Å². The first-order valence-electron chi connectivity index (χ1n) is 23.4. The minimum atomic E-state index is 0.103. The molecule has 2 amide bonds. The van der Waals surface area contributed by atoms with E-state index in [1.54, 1.807) is 0 Å². The fraction of sp³-hybridized carbons (Fsp3) is 0.957. The molecule has 310 valence electrons. The van der Waals surface area contributed by atoms with Crippen LogP contribution in [0.15, 0.2) is 0 Å². The minimum Gasteiger partial charge on any atom is -0.396 e. The second kappa shape index (κ2) is 42.6. The van der Waals surface area contributed by atoms with E-state index < -0.39 is 0 Å². The van der Waals surface area contributed by atoms with Gasteiger partial charge in [-0.3, -0.25) is 9.59 Å². The SMILES string of the molecule is CCCCCCCCCCCCCCCCCC(=O)N(CCCO)CCCCN(CCCO)C(=O)CCCCCCCCCCCCCCCCC. The van der Waals surface area contributed by atoms with Gasteiger partial charge in [0, 0.05) is 52.2 Å². The molecule has 52 heavy (non-hydrogen) atoms. The molecule has 0 atom stereocenters. The van der Waals surface area contributed by atoms with Crippen molar-refractivity contribution < 1.29 is 19.8 Å². The van der Waals surface area contributed by atoms with E-state index in [1.807, 2.05) is 9.80 Å². The van der Waals surface area contributed by atoms with Crippen LogP contribution in [0.3, 0.4) is 0 Å². The predicted molar refractivity (Wildman–Crippen MR) is 225 cm³/mol. The molecule has 6 heteroatoms. The third kappa shape index (κ3) is 35.9. The summed E-state index contributed by atoms with van der Waals surface area (Å²) >= 11 is 0. The van der Waals surface area contributed by atoms with Gasteiger partial charge in [-0.05, 0) is 38.5 Å². The Morgan fingerprint density at radius 1 is 0.308 bits per heavy atom. The van der Waals surface area contributed by atoms with Gasteiger partial charge in [0.25, 0.3) is 0 Å². The number of hydrogen-bond acceptors (Lipinski definition) is 4. The summed E-state index contributed by atoms with van der Waals surface area (Å²) in [6.45, 7) is 7.37. The van der Waals surface area contributed by atoms with Crippen molar-refractivity contribution in [3.63, 3.8) is 0 Å². The van der Waals surface area contributed by atoms with Crippen LogP contribution in [-0.2, 0) is 9.59 Å². The number of carbonyl (C=O) groups excluding carboxylic acids is 2. The van der Waals surface area contributed by atoms with Gasteiger partial charge in [0.2, 0.25) is 11.8 Å². The number of rotatable bonds is 43. The topological polar surface area (TPSA) is 81.1 Å². The van der Waals surface area contributed by atoms with Crippen LogP contribution in [0.4, 0.5) is 0 Å². The maximum absolute atomic E-state index is 13.0. The summed E-state index contributed by atoms with van der Waals surface area (Å²) in [6.07, 6.45) is 43.8. The van der Waals surface area contributed by atoms with Crippen molar-refractivity contribution in [1.82, 2.24) is 9.80 Å². The fourth-order valence-electron chi connectivity index (χ4n) is 7.46. The lowest BCUT2D eigenvalue weighted by Gasteiger charge is -2.25. The quantitative estimate of drug-likeness (QED) is 0.0611. The molecule has 0 aromatic rings. The summed E-state index contributed by atoms with van der Waals surface area (Å²) in [5.74, 6) is 0.425. The molecular formula is C46H92N2O4. The van der Waals surface area contributed by atoms with Crippen molar-refractivity contribution in [1.29, 1.82) is 0 Å². The number of aliphatic hydroxyl groups is 2. The highest BCUT2D eigenvalue weighted by molar-refractivity contribution is 5.76. The molecule has 0 unspecified atom stereocenters. The summed E-state index contributed by atoms with van der Waals surface area (Å²) in [5.41, 5.74) is 0. The van der Waals surface area contributed by atoms with Crippen molar-refractivity contribution in [3.8, 4) is 0 Å². The van der Waals surface area contributed by atoms with Crippen LogP contribution in [0.5, 0.6) is 0 Å². The Bertz CT molecular complexity index is 673. The van der Waals surface area contributed by atoms with Crippen molar-refractivity contribution >= 4 is 11.8 Å². The first-order chi connectivity index (χ1) is 25.6. The Kier molecular flexibility index (Phi) is 41.7. The third-order valence-electron chi connectivity index (χ3n) is 11.0. The van der Waals surface area contributed by atoms with Gasteiger partial charge in [-0.2, -0.15) is 0 Å². The molecule has 2 N–H and O–H groups in total. The summed E-state index contributed by atoms with van der Waals surface area (Å²) in [6, 6.07) is 0. The number of amides is 2. The zero-order valence-electron chi connectivity index (χ0n) is 35.3. The highest BCUT2D eigenvalue weighted by Gasteiger charge is 2.15. The maximum atomic E-state index is 13.0. The lowest BCUT2D eigenvalue weighted by molar-refractivity contribution is -0.133. The van der Waals surface area contributed by atoms with E-state index in [2.05, 4.69) is 13.8 Å².